The molecule has 2 atom stereocenters. The number of amides is 2. The number of rotatable bonds is 17. The fourth-order valence-electron chi connectivity index (χ4n) is 3.38. The molecule has 0 fully saturated rings. The molecule has 0 spiro atoms. The average Bonchev–Trinajstić information content (AvgIpc) is 2.69. The van der Waals surface area contributed by atoms with Crippen LogP contribution in [0.3, 0.4) is 0 Å². The van der Waals surface area contributed by atoms with E-state index >= 15 is 0 Å². The van der Waals surface area contributed by atoms with Crippen LogP contribution in [0.5, 0.6) is 0 Å². The monoisotopic (exact) mass is 515 g/mol. The number of alkyl carbamates (subject to hydrolysis) is 1. The van der Waals surface area contributed by atoms with E-state index in [2.05, 4.69) is 17.6 Å². The lowest BCUT2D eigenvalue weighted by atomic mass is 9.93. The number of hydrogen-bond acceptors (Lipinski definition) is 6. The Morgan fingerprint density at radius 1 is 0.778 bits per heavy atom. The van der Waals surface area contributed by atoms with Crippen molar-refractivity contribution in [1.82, 2.24) is 10.6 Å². The number of carbonyl (C=O) groups excluding carboxylic acids is 2. The van der Waals surface area contributed by atoms with Crippen LogP contribution in [0.2, 0.25) is 0 Å². The molecule has 0 aromatic heterocycles. The topological polar surface area (TPSA) is 112 Å². The molecule has 4 N–H and O–H groups in total. The van der Waals surface area contributed by atoms with E-state index in [4.69, 9.17) is 19.9 Å². The third-order valence-corrected chi connectivity index (χ3v) is 6.60. The molecular weight excluding hydrogens is 458 g/mol. The van der Waals surface area contributed by atoms with E-state index in [0.29, 0.717) is 39.0 Å². The maximum absolute atomic E-state index is 12.5. The van der Waals surface area contributed by atoms with Gasteiger partial charge in [0.2, 0.25) is 5.91 Å². The second kappa shape index (κ2) is 14.5. The number of ether oxygens (including phenoxy) is 3. The molecule has 2 amide bonds. The summed E-state index contributed by atoms with van der Waals surface area (Å²) in [5.41, 5.74) is 4.07. The molecule has 8 nitrogen and oxygen atoms in total. The molecule has 0 aromatic rings. The van der Waals surface area contributed by atoms with Gasteiger partial charge in [0.15, 0.2) is 0 Å². The van der Waals surface area contributed by atoms with Gasteiger partial charge >= 0.3 is 6.09 Å². The molecule has 36 heavy (non-hydrogen) atoms. The Kier molecular flexibility index (Phi) is 14.0. The molecule has 0 saturated carbocycles. The molecule has 214 valence electrons. The molecule has 2 unspecified atom stereocenters. The van der Waals surface area contributed by atoms with Crippen molar-refractivity contribution in [2.75, 3.05) is 19.8 Å². The van der Waals surface area contributed by atoms with Crippen LogP contribution < -0.4 is 16.4 Å². The molecule has 0 heterocycles. The van der Waals surface area contributed by atoms with Crippen molar-refractivity contribution in [3.05, 3.63) is 0 Å². The fourth-order valence-corrected chi connectivity index (χ4v) is 3.38. The Bertz CT molecular complexity index is 669. The first-order chi connectivity index (χ1) is 16.2. The van der Waals surface area contributed by atoms with Gasteiger partial charge in [-0.2, -0.15) is 0 Å². The van der Waals surface area contributed by atoms with Gasteiger partial charge in [0.05, 0.1) is 11.2 Å². The van der Waals surface area contributed by atoms with Crippen LogP contribution in [0.15, 0.2) is 0 Å². The highest BCUT2D eigenvalue weighted by molar-refractivity contribution is 5.75. The number of nitrogens with one attached hydrogen (secondary N) is 2. The normalized spacial score (nSPS) is 16.1. The minimum absolute atomic E-state index is 0.0159. The van der Waals surface area contributed by atoms with Gasteiger partial charge in [0.1, 0.15) is 5.60 Å². The summed E-state index contributed by atoms with van der Waals surface area (Å²) in [5, 5.41) is 6.00. The first-order valence-corrected chi connectivity index (χ1v) is 13.6. The van der Waals surface area contributed by atoms with Gasteiger partial charge in [-0.15, -0.1) is 0 Å². The highest BCUT2D eigenvalue weighted by atomic mass is 16.6. The highest BCUT2D eigenvalue weighted by Crippen LogP contribution is 2.24. The summed E-state index contributed by atoms with van der Waals surface area (Å²) in [6.07, 6.45) is 4.32. The minimum atomic E-state index is -0.541. The van der Waals surface area contributed by atoms with E-state index in [1.807, 2.05) is 69.2 Å². The van der Waals surface area contributed by atoms with Crippen molar-refractivity contribution in [3.63, 3.8) is 0 Å². The molecule has 8 heteroatoms. The predicted octanol–water partition coefficient (Wildman–Crippen LogP) is 5.46. The Hall–Kier alpha value is -1.38. The van der Waals surface area contributed by atoms with Crippen LogP contribution >= 0.6 is 0 Å². The molecule has 0 aromatic carbocycles. The van der Waals surface area contributed by atoms with E-state index in [9.17, 15) is 9.59 Å². The van der Waals surface area contributed by atoms with Crippen LogP contribution in [0.25, 0.3) is 0 Å². The summed E-state index contributed by atoms with van der Waals surface area (Å²) in [7, 11) is 0. The molecule has 0 bridgehead atoms. The first-order valence-electron chi connectivity index (χ1n) is 13.6. The van der Waals surface area contributed by atoms with Crippen LogP contribution in [-0.4, -0.2) is 59.6 Å². The van der Waals surface area contributed by atoms with Gasteiger partial charge < -0.3 is 30.6 Å². The van der Waals surface area contributed by atoms with Gasteiger partial charge in [0.25, 0.3) is 0 Å². The third kappa shape index (κ3) is 17.1. The first kappa shape index (κ1) is 34.6. The fraction of sp³-hybridized carbons (Fsp3) is 0.929. The third-order valence-electron chi connectivity index (χ3n) is 6.60. The highest BCUT2D eigenvalue weighted by Gasteiger charge is 2.30. The van der Waals surface area contributed by atoms with Crippen LogP contribution in [-0.2, 0) is 19.0 Å². The molecular formula is C28H57N3O5. The molecule has 0 aliphatic heterocycles. The second-order valence-electron chi connectivity index (χ2n) is 12.9. The Labute approximate surface area is 221 Å². The molecule has 0 aliphatic rings. The summed E-state index contributed by atoms with van der Waals surface area (Å²) in [5.74, 6) is 0.0159. The maximum atomic E-state index is 12.5. The van der Waals surface area contributed by atoms with Crippen molar-refractivity contribution < 1.29 is 23.8 Å². The smallest absolute Gasteiger partial charge is 0.408 e. The number of carbonyl (C=O) groups is 2. The lowest BCUT2D eigenvalue weighted by molar-refractivity contribution is -0.123. The van der Waals surface area contributed by atoms with Crippen molar-refractivity contribution in [3.8, 4) is 0 Å². The van der Waals surface area contributed by atoms with Crippen LogP contribution in [0.4, 0.5) is 4.79 Å². The van der Waals surface area contributed by atoms with Crippen LogP contribution in [0.1, 0.15) is 121 Å². The Balaban J connectivity index is 4.50. The van der Waals surface area contributed by atoms with Crippen molar-refractivity contribution >= 4 is 12.0 Å². The molecule has 0 radical (unpaired) electrons. The minimum Gasteiger partial charge on any atom is -0.444 e. The zero-order valence-corrected chi connectivity index (χ0v) is 25.2. The summed E-state index contributed by atoms with van der Waals surface area (Å²) >= 11 is 0. The molecule has 0 rings (SSSR count). The molecule has 0 saturated heterocycles. The van der Waals surface area contributed by atoms with E-state index in [0.717, 1.165) is 25.7 Å². The number of hydrogen-bond donors (Lipinski definition) is 3. The average molecular weight is 516 g/mol. The van der Waals surface area contributed by atoms with Crippen molar-refractivity contribution in [2.45, 2.75) is 149 Å². The summed E-state index contributed by atoms with van der Waals surface area (Å²) in [6.45, 7) is 23.4. The van der Waals surface area contributed by atoms with E-state index in [1.165, 1.54) is 0 Å². The zero-order valence-electron chi connectivity index (χ0n) is 25.2. The second-order valence-corrected chi connectivity index (χ2v) is 12.9. The largest absolute Gasteiger partial charge is 0.444 e. The summed E-state index contributed by atoms with van der Waals surface area (Å²) < 4.78 is 17.6. The lowest BCUT2D eigenvalue weighted by Gasteiger charge is -2.34. The lowest BCUT2D eigenvalue weighted by Crippen LogP contribution is -2.48. The van der Waals surface area contributed by atoms with Crippen LogP contribution in [0, 0.1) is 0 Å². The summed E-state index contributed by atoms with van der Waals surface area (Å²) in [4.78, 5) is 24.7. The van der Waals surface area contributed by atoms with Gasteiger partial charge in [-0.1, -0.05) is 13.8 Å². The van der Waals surface area contributed by atoms with E-state index in [-0.39, 0.29) is 17.0 Å². The summed E-state index contributed by atoms with van der Waals surface area (Å²) in [6, 6.07) is 0. The van der Waals surface area contributed by atoms with Gasteiger partial charge in [-0.25, -0.2) is 4.79 Å². The van der Waals surface area contributed by atoms with Gasteiger partial charge in [0, 0.05) is 37.3 Å². The van der Waals surface area contributed by atoms with E-state index in [1.54, 1.807) is 0 Å². The predicted molar refractivity (Wildman–Crippen MR) is 147 cm³/mol. The van der Waals surface area contributed by atoms with E-state index < -0.39 is 22.8 Å². The quantitative estimate of drug-likeness (QED) is 0.237. The van der Waals surface area contributed by atoms with Crippen molar-refractivity contribution in [2.24, 2.45) is 5.73 Å². The SMILES string of the molecule is CCC(C)(CCOC(C)(CC)CCC(=O)NCCC(C)(C)OCCC(C)(C)N)NC(=O)OC(C)(C)C. The number of nitrogens with two attached hydrogens (primary N) is 1. The Morgan fingerprint density at radius 3 is 1.86 bits per heavy atom. The molecule has 0 aliphatic carbocycles. The van der Waals surface area contributed by atoms with Gasteiger partial charge in [-0.05, 0) is 101 Å². The van der Waals surface area contributed by atoms with Gasteiger partial charge in [-0.3, -0.25) is 4.79 Å². The Morgan fingerprint density at radius 2 is 1.36 bits per heavy atom. The standard InChI is InChI=1S/C28H57N3O5/c1-12-27(10,31-23(33)36-24(3,4)5)18-21-35-28(11,13-2)15-14-22(32)30-19-16-26(8,9)34-20-17-25(6,7)29/h12-21,29H2,1-11H3,(H,30,32)(H,31,33). The van der Waals surface area contributed by atoms with Crippen molar-refractivity contribution in [1.29, 1.82) is 0 Å². The zero-order chi connectivity index (χ0) is 28.3. The maximum Gasteiger partial charge on any atom is 0.408 e.